The molecular weight excluding hydrogens is 208 g/mol. The zero-order valence-electron chi connectivity index (χ0n) is 9.62. The van der Waals surface area contributed by atoms with E-state index in [1.54, 1.807) is 7.11 Å². The second kappa shape index (κ2) is 4.60. The van der Waals surface area contributed by atoms with Crippen molar-refractivity contribution in [3.05, 3.63) is 15.6 Å². The van der Waals surface area contributed by atoms with Crippen LogP contribution in [-0.2, 0) is 11.3 Å². The lowest BCUT2D eigenvalue weighted by Gasteiger charge is -2.14. The first-order chi connectivity index (χ1) is 7.19. The maximum absolute atomic E-state index is 5.36. The third kappa shape index (κ3) is 2.56. The molecule has 0 spiro atoms. The number of likely N-dealkylation sites (tertiary alicyclic amines) is 1. The van der Waals surface area contributed by atoms with Gasteiger partial charge in [-0.05, 0) is 20.3 Å². The minimum atomic E-state index is 0.430. The SMILES string of the molecule is COC1CCN(Cc2sc(C)nc2C)C1. The van der Waals surface area contributed by atoms with E-state index >= 15 is 0 Å². The molecule has 0 N–H and O–H groups in total. The van der Waals surface area contributed by atoms with E-state index < -0.39 is 0 Å². The van der Waals surface area contributed by atoms with Crippen molar-refractivity contribution in [2.45, 2.75) is 32.9 Å². The van der Waals surface area contributed by atoms with Gasteiger partial charge in [-0.3, -0.25) is 4.90 Å². The van der Waals surface area contributed by atoms with Gasteiger partial charge >= 0.3 is 0 Å². The van der Waals surface area contributed by atoms with Crippen LogP contribution in [-0.4, -0.2) is 36.2 Å². The van der Waals surface area contributed by atoms with E-state index in [-0.39, 0.29) is 0 Å². The topological polar surface area (TPSA) is 25.4 Å². The van der Waals surface area contributed by atoms with Crippen molar-refractivity contribution in [2.75, 3.05) is 20.2 Å². The van der Waals surface area contributed by atoms with Gasteiger partial charge in [0.15, 0.2) is 0 Å². The minimum absolute atomic E-state index is 0.430. The predicted molar refractivity (Wildman–Crippen MR) is 62.3 cm³/mol. The van der Waals surface area contributed by atoms with Gasteiger partial charge < -0.3 is 4.74 Å². The summed E-state index contributed by atoms with van der Waals surface area (Å²) in [4.78, 5) is 8.31. The maximum Gasteiger partial charge on any atom is 0.0900 e. The molecule has 0 aromatic carbocycles. The number of aromatic nitrogens is 1. The first kappa shape index (κ1) is 11.0. The highest BCUT2D eigenvalue weighted by molar-refractivity contribution is 7.11. The van der Waals surface area contributed by atoms with Gasteiger partial charge in [-0.2, -0.15) is 0 Å². The number of ether oxygens (including phenoxy) is 1. The summed E-state index contributed by atoms with van der Waals surface area (Å²) in [6, 6.07) is 0. The van der Waals surface area contributed by atoms with Crippen molar-refractivity contribution < 1.29 is 4.74 Å². The Bertz CT molecular complexity index is 337. The van der Waals surface area contributed by atoms with E-state index in [1.165, 1.54) is 15.6 Å². The highest BCUT2D eigenvalue weighted by atomic mass is 32.1. The zero-order chi connectivity index (χ0) is 10.8. The monoisotopic (exact) mass is 226 g/mol. The lowest BCUT2D eigenvalue weighted by Crippen LogP contribution is -2.22. The van der Waals surface area contributed by atoms with Crippen LogP contribution < -0.4 is 0 Å². The molecule has 0 bridgehead atoms. The van der Waals surface area contributed by atoms with Crippen LogP contribution in [0.1, 0.15) is 22.0 Å². The second-order valence-electron chi connectivity index (χ2n) is 4.12. The standard InChI is InChI=1S/C11H18N2OS/c1-8-11(15-9(2)12-8)7-13-5-4-10(6-13)14-3/h10H,4-7H2,1-3H3. The summed E-state index contributed by atoms with van der Waals surface area (Å²) < 4.78 is 5.36. The summed E-state index contributed by atoms with van der Waals surface area (Å²) in [6.45, 7) is 7.42. The predicted octanol–water partition coefficient (Wildman–Crippen LogP) is 1.98. The van der Waals surface area contributed by atoms with Crippen LogP contribution in [0.5, 0.6) is 0 Å². The fourth-order valence-electron chi connectivity index (χ4n) is 2.06. The fourth-order valence-corrected chi connectivity index (χ4v) is 3.04. The van der Waals surface area contributed by atoms with Crippen LogP contribution in [0.3, 0.4) is 0 Å². The molecule has 84 valence electrons. The van der Waals surface area contributed by atoms with Crippen LogP contribution in [0, 0.1) is 13.8 Å². The van der Waals surface area contributed by atoms with Gasteiger partial charge in [0.2, 0.25) is 0 Å². The first-order valence-electron chi connectivity index (χ1n) is 5.37. The van der Waals surface area contributed by atoms with Crippen LogP contribution in [0.15, 0.2) is 0 Å². The van der Waals surface area contributed by atoms with Gasteiger partial charge in [-0.25, -0.2) is 4.98 Å². The first-order valence-corrected chi connectivity index (χ1v) is 6.18. The molecule has 2 heterocycles. The molecule has 1 saturated heterocycles. The lowest BCUT2D eigenvalue weighted by molar-refractivity contribution is 0.107. The third-order valence-electron chi connectivity index (χ3n) is 2.93. The maximum atomic E-state index is 5.36. The van der Waals surface area contributed by atoms with Gasteiger partial charge in [0.1, 0.15) is 0 Å². The Morgan fingerprint density at radius 1 is 1.53 bits per heavy atom. The summed E-state index contributed by atoms with van der Waals surface area (Å²) in [5.74, 6) is 0. The van der Waals surface area contributed by atoms with Gasteiger partial charge in [0, 0.05) is 31.6 Å². The number of rotatable bonds is 3. The molecule has 3 nitrogen and oxygen atoms in total. The normalized spacial score (nSPS) is 22.5. The Hall–Kier alpha value is -0.450. The van der Waals surface area contributed by atoms with E-state index in [9.17, 15) is 0 Å². The van der Waals surface area contributed by atoms with Crippen molar-refractivity contribution >= 4 is 11.3 Å². The molecule has 4 heteroatoms. The molecule has 0 amide bonds. The summed E-state index contributed by atoms with van der Waals surface area (Å²) in [5, 5.41) is 1.17. The number of aryl methyl sites for hydroxylation is 2. The number of nitrogens with zero attached hydrogens (tertiary/aromatic N) is 2. The van der Waals surface area contributed by atoms with Crippen LogP contribution in [0.2, 0.25) is 0 Å². The molecule has 1 unspecified atom stereocenters. The largest absolute Gasteiger partial charge is 0.380 e. The molecule has 2 rings (SSSR count). The molecule has 1 aromatic heterocycles. The Balaban J connectivity index is 1.95. The summed E-state index contributed by atoms with van der Waals surface area (Å²) in [5.41, 5.74) is 1.19. The molecule has 1 fully saturated rings. The van der Waals surface area contributed by atoms with E-state index in [4.69, 9.17) is 4.74 Å². The second-order valence-corrected chi connectivity index (χ2v) is 5.41. The third-order valence-corrected chi connectivity index (χ3v) is 3.99. The molecule has 0 radical (unpaired) electrons. The molecule has 1 aromatic rings. The highest BCUT2D eigenvalue weighted by Gasteiger charge is 2.22. The number of methoxy groups -OCH3 is 1. The molecule has 0 aliphatic carbocycles. The molecule has 1 aliphatic heterocycles. The number of hydrogen-bond acceptors (Lipinski definition) is 4. The fraction of sp³-hybridized carbons (Fsp3) is 0.727. The Labute approximate surface area is 95.1 Å². The van der Waals surface area contributed by atoms with E-state index in [2.05, 4.69) is 23.7 Å². The average molecular weight is 226 g/mol. The van der Waals surface area contributed by atoms with Gasteiger partial charge in [0.05, 0.1) is 16.8 Å². The minimum Gasteiger partial charge on any atom is -0.380 e. The van der Waals surface area contributed by atoms with Crippen molar-refractivity contribution in [3.63, 3.8) is 0 Å². The lowest BCUT2D eigenvalue weighted by atomic mass is 10.3. The number of thiazole rings is 1. The molecule has 15 heavy (non-hydrogen) atoms. The molecule has 0 saturated carbocycles. The van der Waals surface area contributed by atoms with Gasteiger partial charge in [-0.1, -0.05) is 0 Å². The van der Waals surface area contributed by atoms with Crippen molar-refractivity contribution in [3.8, 4) is 0 Å². The quantitative estimate of drug-likeness (QED) is 0.788. The Kier molecular flexibility index (Phi) is 3.38. The Morgan fingerprint density at radius 2 is 2.33 bits per heavy atom. The van der Waals surface area contributed by atoms with Crippen molar-refractivity contribution in [2.24, 2.45) is 0 Å². The van der Waals surface area contributed by atoms with E-state index in [0.717, 1.165) is 26.1 Å². The van der Waals surface area contributed by atoms with Crippen LogP contribution >= 0.6 is 11.3 Å². The smallest absolute Gasteiger partial charge is 0.0900 e. The summed E-state index contributed by atoms with van der Waals surface area (Å²) in [6.07, 6.45) is 1.59. The van der Waals surface area contributed by atoms with Gasteiger partial charge in [-0.15, -0.1) is 11.3 Å². The van der Waals surface area contributed by atoms with E-state index in [0.29, 0.717) is 6.10 Å². The van der Waals surface area contributed by atoms with Crippen molar-refractivity contribution in [1.29, 1.82) is 0 Å². The summed E-state index contributed by atoms with van der Waals surface area (Å²) in [7, 11) is 1.80. The average Bonchev–Trinajstić information content (AvgIpc) is 2.75. The molecular formula is C11H18N2OS. The Morgan fingerprint density at radius 3 is 2.87 bits per heavy atom. The molecule has 1 aliphatic rings. The highest BCUT2D eigenvalue weighted by Crippen LogP contribution is 2.22. The molecule has 1 atom stereocenters. The summed E-state index contributed by atoms with van der Waals surface area (Å²) >= 11 is 1.82. The zero-order valence-corrected chi connectivity index (χ0v) is 10.4. The van der Waals surface area contributed by atoms with Crippen LogP contribution in [0.4, 0.5) is 0 Å². The van der Waals surface area contributed by atoms with Crippen molar-refractivity contribution in [1.82, 2.24) is 9.88 Å². The number of hydrogen-bond donors (Lipinski definition) is 0. The van der Waals surface area contributed by atoms with E-state index in [1.807, 2.05) is 11.3 Å². The van der Waals surface area contributed by atoms with Crippen LogP contribution in [0.25, 0.3) is 0 Å². The van der Waals surface area contributed by atoms with Gasteiger partial charge in [0.25, 0.3) is 0 Å².